The van der Waals surface area contributed by atoms with Crippen LogP contribution in [-0.4, -0.2) is 40.1 Å². The van der Waals surface area contributed by atoms with Crippen molar-refractivity contribution in [3.05, 3.63) is 10.5 Å². The van der Waals surface area contributed by atoms with Crippen LogP contribution in [0, 0.1) is 11.8 Å². The number of rotatable bonds is 3. The zero-order valence-corrected chi connectivity index (χ0v) is 12.9. The topological polar surface area (TPSA) is 58.1 Å². The van der Waals surface area contributed by atoms with Gasteiger partial charge in [0, 0.05) is 6.04 Å². The van der Waals surface area contributed by atoms with Crippen LogP contribution in [0.5, 0.6) is 0 Å². The number of fused-ring (bicyclic) bond motifs is 1. The molecular formula is C14H22N4OS. The first-order chi connectivity index (χ1) is 9.70. The number of amides is 1. The number of carbonyl (C=O) groups excluding carboxylic acids is 1. The Balaban J connectivity index is 1.87. The highest BCUT2D eigenvalue weighted by atomic mass is 32.1. The molecule has 2 aliphatic rings. The Bertz CT molecular complexity index is 464. The molecule has 1 aliphatic carbocycles. The van der Waals surface area contributed by atoms with Crippen molar-refractivity contribution in [3.63, 3.8) is 0 Å². The van der Waals surface area contributed by atoms with E-state index in [1.807, 2.05) is 7.05 Å². The normalized spacial score (nSPS) is 34.1. The Hall–Kier alpha value is -1.01. The van der Waals surface area contributed by atoms with E-state index in [1.54, 1.807) is 5.51 Å². The van der Waals surface area contributed by atoms with Crippen LogP contribution in [0.4, 0.5) is 0 Å². The maximum absolute atomic E-state index is 12.9. The molecule has 2 fully saturated rings. The second-order valence-corrected chi connectivity index (χ2v) is 6.95. The third-order valence-electron chi connectivity index (χ3n) is 4.83. The van der Waals surface area contributed by atoms with E-state index in [0.717, 1.165) is 17.8 Å². The summed E-state index contributed by atoms with van der Waals surface area (Å²) in [5, 5.41) is 12.2. The molecule has 110 valence electrons. The van der Waals surface area contributed by atoms with Crippen LogP contribution >= 0.6 is 11.3 Å². The van der Waals surface area contributed by atoms with Gasteiger partial charge >= 0.3 is 0 Å². The minimum absolute atomic E-state index is 0.0616. The van der Waals surface area contributed by atoms with Crippen molar-refractivity contribution in [1.29, 1.82) is 0 Å². The van der Waals surface area contributed by atoms with Crippen LogP contribution in [0.25, 0.3) is 0 Å². The Labute approximate surface area is 123 Å². The Kier molecular flexibility index (Phi) is 4.03. The first-order valence-electron chi connectivity index (χ1n) is 7.43. The molecule has 1 saturated carbocycles. The first-order valence-corrected chi connectivity index (χ1v) is 8.31. The molecule has 0 bridgehead atoms. The van der Waals surface area contributed by atoms with Gasteiger partial charge in [-0.3, -0.25) is 4.79 Å². The summed E-state index contributed by atoms with van der Waals surface area (Å²) in [7, 11) is 1.89. The number of nitrogens with one attached hydrogen (secondary N) is 1. The van der Waals surface area contributed by atoms with Crippen molar-refractivity contribution in [2.75, 3.05) is 7.05 Å². The molecule has 0 radical (unpaired) electrons. The summed E-state index contributed by atoms with van der Waals surface area (Å²) < 4.78 is 0. The second kappa shape index (κ2) is 5.77. The van der Waals surface area contributed by atoms with Gasteiger partial charge in [-0.25, -0.2) is 0 Å². The van der Waals surface area contributed by atoms with E-state index < -0.39 is 0 Å². The van der Waals surface area contributed by atoms with Crippen LogP contribution in [0.1, 0.15) is 37.6 Å². The van der Waals surface area contributed by atoms with Gasteiger partial charge in [0.15, 0.2) is 0 Å². The largest absolute Gasteiger partial charge is 0.331 e. The van der Waals surface area contributed by atoms with Crippen molar-refractivity contribution in [2.45, 2.75) is 51.2 Å². The minimum Gasteiger partial charge on any atom is -0.331 e. The van der Waals surface area contributed by atoms with Crippen LogP contribution in [0.15, 0.2) is 5.51 Å². The smallest absolute Gasteiger partial charge is 0.240 e. The van der Waals surface area contributed by atoms with E-state index in [0.29, 0.717) is 24.4 Å². The highest BCUT2D eigenvalue weighted by molar-refractivity contribution is 7.09. The van der Waals surface area contributed by atoms with E-state index in [2.05, 4.69) is 27.3 Å². The number of hydrogen-bond donors (Lipinski definition) is 1. The zero-order valence-electron chi connectivity index (χ0n) is 12.1. The molecular weight excluding hydrogens is 272 g/mol. The van der Waals surface area contributed by atoms with Crippen molar-refractivity contribution in [2.24, 2.45) is 11.8 Å². The standard InChI is InChI=1S/C14H22N4OS/c1-9-6-10-4-3-5-11(10)18(14(19)13(9)15-2)7-12-17-16-8-20-12/h8-11,13,15H,3-7H2,1-2H3. The number of likely N-dealkylation sites (tertiary alicyclic amines) is 1. The third-order valence-corrected chi connectivity index (χ3v) is 5.52. The molecule has 1 amide bonds. The molecule has 0 aromatic carbocycles. The van der Waals surface area contributed by atoms with E-state index in [9.17, 15) is 4.79 Å². The molecule has 4 atom stereocenters. The molecule has 1 aromatic heterocycles. The summed E-state index contributed by atoms with van der Waals surface area (Å²) in [6.45, 7) is 2.82. The van der Waals surface area contributed by atoms with Crippen molar-refractivity contribution in [3.8, 4) is 0 Å². The molecule has 3 rings (SSSR count). The summed E-state index contributed by atoms with van der Waals surface area (Å²) in [4.78, 5) is 14.9. The fourth-order valence-electron chi connectivity index (χ4n) is 3.92. The van der Waals surface area contributed by atoms with E-state index in [-0.39, 0.29) is 11.9 Å². The summed E-state index contributed by atoms with van der Waals surface area (Å²) >= 11 is 1.53. The molecule has 2 heterocycles. The summed E-state index contributed by atoms with van der Waals surface area (Å²) in [5.74, 6) is 1.29. The van der Waals surface area contributed by atoms with Crippen LogP contribution < -0.4 is 5.32 Å². The summed E-state index contributed by atoms with van der Waals surface area (Å²) in [5.41, 5.74) is 1.74. The SMILES string of the molecule is CNC1C(=O)N(Cc2nncs2)C2CCCC2CC1C. The lowest BCUT2D eigenvalue weighted by molar-refractivity contribution is -0.136. The second-order valence-electron chi connectivity index (χ2n) is 6.04. The Morgan fingerprint density at radius 2 is 2.35 bits per heavy atom. The predicted octanol–water partition coefficient (Wildman–Crippen LogP) is 1.66. The zero-order chi connectivity index (χ0) is 14.1. The molecule has 0 spiro atoms. The Morgan fingerprint density at radius 3 is 3.05 bits per heavy atom. The van der Waals surface area contributed by atoms with Gasteiger partial charge < -0.3 is 10.2 Å². The maximum atomic E-state index is 12.9. The van der Waals surface area contributed by atoms with Crippen molar-refractivity contribution in [1.82, 2.24) is 20.4 Å². The molecule has 4 unspecified atom stereocenters. The Morgan fingerprint density at radius 1 is 1.50 bits per heavy atom. The average Bonchev–Trinajstić information content (AvgIpc) is 3.06. The van der Waals surface area contributed by atoms with Crippen molar-refractivity contribution >= 4 is 17.2 Å². The quantitative estimate of drug-likeness (QED) is 0.921. The lowest BCUT2D eigenvalue weighted by Gasteiger charge is -2.31. The van der Waals surface area contributed by atoms with Crippen LogP contribution in [-0.2, 0) is 11.3 Å². The molecule has 6 heteroatoms. The fourth-order valence-corrected chi connectivity index (χ4v) is 4.44. The molecule has 20 heavy (non-hydrogen) atoms. The molecule has 1 saturated heterocycles. The highest BCUT2D eigenvalue weighted by Crippen LogP contribution is 2.39. The fraction of sp³-hybridized carbons (Fsp3) is 0.786. The van der Waals surface area contributed by atoms with Gasteiger partial charge in [0.1, 0.15) is 10.5 Å². The van der Waals surface area contributed by atoms with Gasteiger partial charge in [-0.2, -0.15) is 0 Å². The maximum Gasteiger partial charge on any atom is 0.240 e. The van der Waals surface area contributed by atoms with Crippen LogP contribution in [0.2, 0.25) is 0 Å². The minimum atomic E-state index is -0.0616. The predicted molar refractivity (Wildman–Crippen MR) is 78.2 cm³/mol. The summed E-state index contributed by atoms with van der Waals surface area (Å²) in [6, 6.07) is 0.334. The van der Waals surface area contributed by atoms with Gasteiger partial charge in [0.25, 0.3) is 0 Å². The number of aromatic nitrogens is 2. The number of carbonyl (C=O) groups is 1. The third kappa shape index (κ3) is 2.46. The lowest BCUT2D eigenvalue weighted by Crippen LogP contribution is -2.49. The number of hydrogen-bond acceptors (Lipinski definition) is 5. The van der Waals surface area contributed by atoms with Gasteiger partial charge in [-0.1, -0.05) is 13.3 Å². The monoisotopic (exact) mass is 294 g/mol. The molecule has 1 aromatic rings. The number of nitrogens with zero attached hydrogens (tertiary/aromatic N) is 3. The number of likely N-dealkylation sites (N-methyl/N-ethyl adjacent to an activating group) is 1. The first kappa shape index (κ1) is 13.9. The summed E-state index contributed by atoms with van der Waals surface area (Å²) in [6.07, 6.45) is 4.78. The average molecular weight is 294 g/mol. The van der Waals surface area contributed by atoms with Gasteiger partial charge in [-0.05, 0) is 38.1 Å². The van der Waals surface area contributed by atoms with Gasteiger partial charge in [-0.15, -0.1) is 21.5 Å². The molecule has 1 aliphatic heterocycles. The highest BCUT2D eigenvalue weighted by Gasteiger charge is 2.43. The van der Waals surface area contributed by atoms with Gasteiger partial charge in [0.05, 0.1) is 12.6 Å². The lowest BCUT2D eigenvalue weighted by atomic mass is 9.90. The molecule has 1 N–H and O–H groups in total. The van der Waals surface area contributed by atoms with E-state index >= 15 is 0 Å². The van der Waals surface area contributed by atoms with E-state index in [4.69, 9.17) is 0 Å². The molecule has 5 nitrogen and oxygen atoms in total. The van der Waals surface area contributed by atoms with Crippen molar-refractivity contribution < 1.29 is 4.79 Å². The van der Waals surface area contributed by atoms with Gasteiger partial charge in [0.2, 0.25) is 5.91 Å². The van der Waals surface area contributed by atoms with Crippen LogP contribution in [0.3, 0.4) is 0 Å². The van der Waals surface area contributed by atoms with E-state index in [1.165, 1.54) is 24.2 Å².